The van der Waals surface area contributed by atoms with Crippen LogP contribution in [0.5, 0.6) is 0 Å². The normalized spacial score (nSPS) is 12.0. The van der Waals surface area contributed by atoms with Crippen LogP contribution in [-0.4, -0.2) is 31.8 Å². The van der Waals surface area contributed by atoms with Crippen molar-refractivity contribution in [2.45, 2.75) is 36.7 Å². The highest BCUT2D eigenvalue weighted by Gasteiger charge is 2.19. The Kier molecular flexibility index (Phi) is 6.83. The highest BCUT2D eigenvalue weighted by molar-refractivity contribution is 8.00. The molecule has 0 aliphatic carbocycles. The number of thioether (sulfide) groups is 1. The number of carbonyl (C=O) groups excluding carboxylic acids is 2. The zero-order valence-corrected chi connectivity index (χ0v) is 15.6. The highest BCUT2D eigenvalue weighted by Crippen LogP contribution is 2.22. The van der Waals surface area contributed by atoms with Gasteiger partial charge in [0, 0.05) is 31.5 Å². The SMILES string of the molecule is C[C@@H](Sc1nnc(CCC(N)=O)n1C)C(=O)NCc1ccccc1Cl. The van der Waals surface area contributed by atoms with Gasteiger partial charge in [-0.3, -0.25) is 9.59 Å². The van der Waals surface area contributed by atoms with Gasteiger partial charge in [0.15, 0.2) is 5.16 Å². The first-order chi connectivity index (χ1) is 11.9. The summed E-state index contributed by atoms with van der Waals surface area (Å²) < 4.78 is 1.77. The third-order valence-corrected chi connectivity index (χ3v) is 5.09. The number of halogens is 1. The lowest BCUT2D eigenvalue weighted by atomic mass is 10.2. The Balaban J connectivity index is 1.90. The number of primary amides is 1. The first kappa shape index (κ1) is 19.3. The van der Waals surface area contributed by atoms with Crippen molar-refractivity contribution in [3.8, 4) is 0 Å². The summed E-state index contributed by atoms with van der Waals surface area (Å²) in [6.45, 7) is 2.16. The molecular weight excluding hydrogens is 362 g/mol. The second kappa shape index (κ2) is 8.87. The molecule has 25 heavy (non-hydrogen) atoms. The van der Waals surface area contributed by atoms with E-state index in [1.165, 1.54) is 11.8 Å². The van der Waals surface area contributed by atoms with Gasteiger partial charge in [0.05, 0.1) is 5.25 Å². The molecule has 2 rings (SSSR count). The zero-order chi connectivity index (χ0) is 18.4. The second-order valence-electron chi connectivity index (χ2n) is 5.49. The number of aryl methyl sites for hydroxylation is 1. The summed E-state index contributed by atoms with van der Waals surface area (Å²) in [4.78, 5) is 23.1. The fraction of sp³-hybridized carbons (Fsp3) is 0.375. The summed E-state index contributed by atoms with van der Waals surface area (Å²) >= 11 is 7.38. The number of nitrogens with two attached hydrogens (primary N) is 1. The number of amides is 2. The topological polar surface area (TPSA) is 103 Å². The van der Waals surface area contributed by atoms with Gasteiger partial charge >= 0.3 is 0 Å². The van der Waals surface area contributed by atoms with Crippen LogP contribution in [0.3, 0.4) is 0 Å². The van der Waals surface area contributed by atoms with Gasteiger partial charge in [0.25, 0.3) is 0 Å². The fourth-order valence-electron chi connectivity index (χ4n) is 2.08. The average Bonchev–Trinajstić information content (AvgIpc) is 2.92. The Morgan fingerprint density at radius 3 is 2.76 bits per heavy atom. The standard InChI is InChI=1S/C16H20ClN5O2S/c1-10(15(24)19-9-11-5-3-4-6-12(11)17)25-16-21-20-14(22(16)2)8-7-13(18)23/h3-6,10H,7-9H2,1-2H3,(H2,18,23)(H,19,24)/t10-/m1/s1. The summed E-state index contributed by atoms with van der Waals surface area (Å²) in [5.74, 6) is 0.154. The summed E-state index contributed by atoms with van der Waals surface area (Å²) in [6.07, 6.45) is 0.636. The van der Waals surface area contributed by atoms with Crippen LogP contribution in [0.25, 0.3) is 0 Å². The molecule has 0 spiro atoms. The molecule has 0 saturated heterocycles. The van der Waals surface area contributed by atoms with Crippen molar-refractivity contribution in [3.05, 3.63) is 40.7 Å². The maximum Gasteiger partial charge on any atom is 0.233 e. The van der Waals surface area contributed by atoms with E-state index >= 15 is 0 Å². The van der Waals surface area contributed by atoms with Crippen molar-refractivity contribution in [1.82, 2.24) is 20.1 Å². The third-order valence-electron chi connectivity index (χ3n) is 3.58. The van der Waals surface area contributed by atoms with E-state index < -0.39 is 0 Å². The number of hydrogen-bond acceptors (Lipinski definition) is 5. The number of nitrogens with one attached hydrogen (secondary N) is 1. The Labute approximate surface area is 155 Å². The van der Waals surface area contributed by atoms with E-state index in [2.05, 4.69) is 15.5 Å². The van der Waals surface area contributed by atoms with Gasteiger partial charge in [0.2, 0.25) is 11.8 Å². The molecule has 3 N–H and O–H groups in total. The molecule has 0 saturated carbocycles. The Hall–Kier alpha value is -2.06. The Morgan fingerprint density at radius 2 is 2.08 bits per heavy atom. The van der Waals surface area contributed by atoms with Crippen LogP contribution < -0.4 is 11.1 Å². The number of rotatable bonds is 8. The predicted octanol–water partition coefficient (Wildman–Crippen LogP) is 1.68. The van der Waals surface area contributed by atoms with Crippen LogP contribution in [0.2, 0.25) is 5.02 Å². The van der Waals surface area contributed by atoms with Crippen LogP contribution >= 0.6 is 23.4 Å². The van der Waals surface area contributed by atoms with Crippen LogP contribution in [0.15, 0.2) is 29.4 Å². The maximum absolute atomic E-state index is 12.3. The fourth-order valence-corrected chi connectivity index (χ4v) is 3.14. The van der Waals surface area contributed by atoms with Crippen LogP contribution in [-0.2, 0) is 29.6 Å². The van der Waals surface area contributed by atoms with E-state index in [1.807, 2.05) is 18.2 Å². The van der Waals surface area contributed by atoms with E-state index in [0.717, 1.165) is 5.56 Å². The summed E-state index contributed by atoms with van der Waals surface area (Å²) in [6, 6.07) is 7.37. The van der Waals surface area contributed by atoms with Crippen molar-refractivity contribution in [1.29, 1.82) is 0 Å². The molecule has 0 unspecified atom stereocenters. The van der Waals surface area contributed by atoms with E-state index in [0.29, 0.717) is 29.0 Å². The van der Waals surface area contributed by atoms with Gasteiger partial charge in [-0.15, -0.1) is 10.2 Å². The molecule has 0 bridgehead atoms. The number of hydrogen-bond donors (Lipinski definition) is 2. The van der Waals surface area contributed by atoms with Crippen molar-refractivity contribution in [2.75, 3.05) is 0 Å². The predicted molar refractivity (Wildman–Crippen MR) is 97.1 cm³/mol. The van der Waals surface area contributed by atoms with Crippen LogP contribution in [0.1, 0.15) is 24.7 Å². The van der Waals surface area contributed by atoms with Gasteiger partial charge < -0.3 is 15.6 Å². The van der Waals surface area contributed by atoms with Crippen molar-refractivity contribution in [2.24, 2.45) is 12.8 Å². The number of carbonyl (C=O) groups is 2. The minimum Gasteiger partial charge on any atom is -0.370 e. The maximum atomic E-state index is 12.3. The molecule has 9 heteroatoms. The molecule has 1 aromatic carbocycles. The van der Waals surface area contributed by atoms with Crippen LogP contribution in [0, 0.1) is 0 Å². The molecule has 2 aromatic rings. The van der Waals surface area contributed by atoms with Crippen molar-refractivity contribution in [3.63, 3.8) is 0 Å². The number of benzene rings is 1. The van der Waals surface area contributed by atoms with E-state index in [1.54, 1.807) is 24.6 Å². The van der Waals surface area contributed by atoms with Crippen molar-refractivity contribution >= 4 is 35.2 Å². The molecule has 0 aliphatic rings. The molecule has 0 aliphatic heterocycles. The molecule has 2 amide bonds. The van der Waals surface area contributed by atoms with Crippen LogP contribution in [0.4, 0.5) is 0 Å². The second-order valence-corrected chi connectivity index (χ2v) is 7.21. The quantitative estimate of drug-likeness (QED) is 0.677. The van der Waals surface area contributed by atoms with Gasteiger partial charge in [0.1, 0.15) is 5.82 Å². The average molecular weight is 382 g/mol. The lowest BCUT2D eigenvalue weighted by Crippen LogP contribution is -2.30. The first-order valence-electron chi connectivity index (χ1n) is 7.72. The van der Waals surface area contributed by atoms with Gasteiger partial charge in [-0.1, -0.05) is 41.6 Å². The molecule has 1 aromatic heterocycles. The Morgan fingerprint density at radius 1 is 1.36 bits per heavy atom. The molecule has 0 radical (unpaired) electrons. The molecule has 1 atom stereocenters. The van der Waals surface area contributed by atoms with E-state index in [4.69, 9.17) is 17.3 Å². The van der Waals surface area contributed by atoms with Gasteiger partial charge in [-0.2, -0.15) is 0 Å². The third kappa shape index (κ3) is 5.47. The number of nitrogens with zero attached hydrogens (tertiary/aromatic N) is 3. The Bertz CT molecular complexity index is 765. The molecule has 7 nitrogen and oxygen atoms in total. The zero-order valence-electron chi connectivity index (χ0n) is 14.0. The highest BCUT2D eigenvalue weighted by atomic mass is 35.5. The molecular formula is C16H20ClN5O2S. The molecule has 0 fully saturated rings. The lowest BCUT2D eigenvalue weighted by molar-refractivity contribution is -0.120. The van der Waals surface area contributed by atoms with Gasteiger partial charge in [-0.25, -0.2) is 0 Å². The summed E-state index contributed by atoms with van der Waals surface area (Å²) in [7, 11) is 1.80. The number of aromatic nitrogens is 3. The lowest BCUT2D eigenvalue weighted by Gasteiger charge is -2.12. The largest absolute Gasteiger partial charge is 0.370 e. The first-order valence-corrected chi connectivity index (χ1v) is 8.98. The minimum atomic E-state index is -0.385. The molecule has 134 valence electrons. The monoisotopic (exact) mass is 381 g/mol. The van der Waals surface area contributed by atoms with Crippen molar-refractivity contribution < 1.29 is 9.59 Å². The summed E-state index contributed by atoms with van der Waals surface area (Å²) in [5, 5.41) is 11.9. The minimum absolute atomic E-state index is 0.119. The van der Waals surface area contributed by atoms with E-state index in [9.17, 15) is 9.59 Å². The summed E-state index contributed by atoms with van der Waals surface area (Å²) in [5.41, 5.74) is 6.01. The molecule has 1 heterocycles. The van der Waals surface area contributed by atoms with E-state index in [-0.39, 0.29) is 23.5 Å². The smallest absolute Gasteiger partial charge is 0.233 e. The van der Waals surface area contributed by atoms with Gasteiger partial charge in [-0.05, 0) is 18.6 Å².